The van der Waals surface area contributed by atoms with Gasteiger partial charge in [0.1, 0.15) is 6.04 Å². The van der Waals surface area contributed by atoms with E-state index in [9.17, 15) is 9.59 Å². The highest BCUT2D eigenvalue weighted by molar-refractivity contribution is 5.90. The molecular weight excluding hydrogens is 356 g/mol. The molecule has 0 saturated carbocycles. The average molecular weight is 389 g/mol. The smallest absolute Gasteiger partial charge is 0.242 e. The topological polar surface area (TPSA) is 140 Å². The number of carbonyl (C=O) groups is 2. The third-order valence-corrected chi connectivity index (χ3v) is 4.88. The lowest BCUT2D eigenvalue weighted by Crippen LogP contribution is -2.51. The molecule has 28 heavy (non-hydrogen) atoms. The van der Waals surface area contributed by atoms with Crippen LogP contribution in [-0.2, 0) is 16.0 Å². The van der Waals surface area contributed by atoms with Crippen LogP contribution in [0.25, 0.3) is 0 Å². The molecule has 154 valence electrons. The fourth-order valence-electron chi connectivity index (χ4n) is 3.42. The van der Waals surface area contributed by atoms with Crippen LogP contribution in [0.5, 0.6) is 0 Å². The van der Waals surface area contributed by atoms with E-state index in [1.54, 1.807) is 4.90 Å². The monoisotopic (exact) mass is 388 g/mol. The van der Waals surface area contributed by atoms with Crippen molar-refractivity contribution >= 4 is 17.8 Å². The van der Waals surface area contributed by atoms with Crippen LogP contribution in [0, 0.1) is 0 Å². The van der Waals surface area contributed by atoms with Crippen LogP contribution in [0.1, 0.15) is 37.7 Å². The van der Waals surface area contributed by atoms with Crippen LogP contribution < -0.4 is 22.5 Å². The zero-order chi connectivity index (χ0) is 20.4. The van der Waals surface area contributed by atoms with E-state index < -0.39 is 12.1 Å². The van der Waals surface area contributed by atoms with Gasteiger partial charge in [0.15, 0.2) is 5.96 Å². The molecule has 2 atom stereocenters. The number of hydrogen-bond acceptors (Lipinski definition) is 4. The van der Waals surface area contributed by atoms with Crippen molar-refractivity contribution in [3.05, 3.63) is 35.9 Å². The summed E-state index contributed by atoms with van der Waals surface area (Å²) in [7, 11) is 0. The lowest BCUT2D eigenvalue weighted by atomic mass is 10.1. The largest absolute Gasteiger partial charge is 0.370 e. The molecular formula is C20H32N6O2. The van der Waals surface area contributed by atoms with Crippen LogP contribution in [-0.4, -0.2) is 54.4 Å². The van der Waals surface area contributed by atoms with E-state index in [1.807, 2.05) is 30.3 Å². The Hall–Kier alpha value is -2.61. The predicted octanol–water partition coefficient (Wildman–Crippen LogP) is 0.107. The van der Waals surface area contributed by atoms with E-state index in [4.69, 9.17) is 17.2 Å². The number of rotatable bonds is 10. The molecule has 8 heteroatoms. The minimum atomic E-state index is -0.633. The maximum Gasteiger partial charge on any atom is 0.242 e. The normalized spacial score (nSPS) is 17.2. The number of likely N-dealkylation sites (tertiary alicyclic amines) is 1. The maximum absolute atomic E-state index is 12.8. The van der Waals surface area contributed by atoms with E-state index in [1.165, 1.54) is 0 Å². The van der Waals surface area contributed by atoms with Crippen molar-refractivity contribution in [3.8, 4) is 0 Å². The lowest BCUT2D eigenvalue weighted by molar-refractivity contribution is -0.139. The molecule has 1 aliphatic heterocycles. The van der Waals surface area contributed by atoms with E-state index in [-0.39, 0.29) is 17.8 Å². The van der Waals surface area contributed by atoms with E-state index >= 15 is 0 Å². The highest BCUT2D eigenvalue weighted by Crippen LogP contribution is 2.19. The Morgan fingerprint density at radius 1 is 1.18 bits per heavy atom. The average Bonchev–Trinajstić information content (AvgIpc) is 3.17. The number of hydrogen-bond donors (Lipinski definition) is 4. The summed E-state index contributed by atoms with van der Waals surface area (Å²) in [5.41, 5.74) is 17.7. The lowest BCUT2D eigenvalue weighted by Gasteiger charge is -2.26. The molecule has 0 unspecified atom stereocenters. The molecule has 1 saturated heterocycles. The summed E-state index contributed by atoms with van der Waals surface area (Å²) >= 11 is 0. The van der Waals surface area contributed by atoms with Crippen LogP contribution >= 0.6 is 0 Å². The zero-order valence-electron chi connectivity index (χ0n) is 16.3. The van der Waals surface area contributed by atoms with Gasteiger partial charge in [-0.05, 0) is 44.1 Å². The van der Waals surface area contributed by atoms with Crippen molar-refractivity contribution in [1.29, 1.82) is 0 Å². The van der Waals surface area contributed by atoms with Crippen LogP contribution in [0.3, 0.4) is 0 Å². The number of carbonyl (C=O) groups excluding carboxylic acids is 2. The molecule has 2 amide bonds. The fourth-order valence-corrected chi connectivity index (χ4v) is 3.42. The van der Waals surface area contributed by atoms with Gasteiger partial charge in [-0.1, -0.05) is 30.3 Å². The molecule has 1 heterocycles. The Morgan fingerprint density at radius 2 is 1.93 bits per heavy atom. The van der Waals surface area contributed by atoms with Crippen molar-refractivity contribution in [3.63, 3.8) is 0 Å². The second-order valence-electron chi connectivity index (χ2n) is 7.14. The highest BCUT2D eigenvalue weighted by atomic mass is 16.2. The summed E-state index contributed by atoms with van der Waals surface area (Å²) in [5.74, 6) is -0.148. The first-order valence-electron chi connectivity index (χ1n) is 9.92. The second kappa shape index (κ2) is 11.3. The molecule has 0 radical (unpaired) electrons. The number of nitrogens with one attached hydrogen (secondary N) is 1. The van der Waals surface area contributed by atoms with Crippen LogP contribution in [0.4, 0.5) is 0 Å². The van der Waals surface area contributed by atoms with Gasteiger partial charge in [-0.15, -0.1) is 0 Å². The van der Waals surface area contributed by atoms with Gasteiger partial charge >= 0.3 is 0 Å². The Kier molecular flexibility index (Phi) is 8.74. The molecule has 1 aromatic rings. The number of aliphatic imine (C=N–C) groups is 1. The maximum atomic E-state index is 12.8. The Bertz CT molecular complexity index is 660. The number of amides is 2. The minimum absolute atomic E-state index is 0.0954. The van der Waals surface area contributed by atoms with Gasteiger partial charge in [0.05, 0.1) is 6.04 Å². The van der Waals surface area contributed by atoms with Gasteiger partial charge in [-0.3, -0.25) is 14.6 Å². The van der Waals surface area contributed by atoms with E-state index in [0.29, 0.717) is 32.5 Å². The summed E-state index contributed by atoms with van der Waals surface area (Å²) in [4.78, 5) is 30.8. The Morgan fingerprint density at radius 3 is 2.64 bits per heavy atom. The first kappa shape index (κ1) is 21.7. The molecule has 0 spiro atoms. The molecule has 7 N–H and O–H groups in total. The Labute approximate surface area is 166 Å². The molecule has 0 bridgehead atoms. The van der Waals surface area contributed by atoms with E-state index in [2.05, 4.69) is 10.3 Å². The molecule has 1 fully saturated rings. The molecule has 0 aliphatic carbocycles. The van der Waals surface area contributed by atoms with Crippen LogP contribution in [0.15, 0.2) is 35.3 Å². The SMILES string of the molecule is NC(N)=NCCCCCNC(=O)[C@@H]1CCCN1C(=O)[C@H](N)Cc1ccccc1. The van der Waals surface area contributed by atoms with Gasteiger partial charge < -0.3 is 27.4 Å². The van der Waals surface area contributed by atoms with Gasteiger partial charge in [0.2, 0.25) is 11.8 Å². The summed E-state index contributed by atoms with van der Waals surface area (Å²) in [5, 5.41) is 2.94. The third kappa shape index (κ3) is 6.84. The minimum Gasteiger partial charge on any atom is -0.370 e. The number of nitrogens with zero attached hydrogens (tertiary/aromatic N) is 2. The molecule has 2 rings (SSSR count). The van der Waals surface area contributed by atoms with Crippen molar-refractivity contribution in [2.24, 2.45) is 22.2 Å². The summed E-state index contributed by atoms with van der Waals surface area (Å²) in [6, 6.07) is 8.63. The van der Waals surface area contributed by atoms with E-state index in [0.717, 1.165) is 31.2 Å². The number of unbranched alkanes of at least 4 members (excludes halogenated alkanes) is 2. The third-order valence-electron chi connectivity index (χ3n) is 4.88. The quantitative estimate of drug-likeness (QED) is 0.256. The van der Waals surface area contributed by atoms with Crippen molar-refractivity contribution < 1.29 is 9.59 Å². The van der Waals surface area contributed by atoms with Crippen LogP contribution in [0.2, 0.25) is 0 Å². The second-order valence-corrected chi connectivity index (χ2v) is 7.14. The predicted molar refractivity (Wildman–Crippen MR) is 110 cm³/mol. The number of benzene rings is 1. The summed E-state index contributed by atoms with van der Waals surface area (Å²) in [6.07, 6.45) is 4.61. The molecule has 1 aliphatic rings. The Balaban J connectivity index is 1.75. The molecule has 1 aromatic carbocycles. The van der Waals surface area contributed by atoms with Gasteiger partial charge in [0.25, 0.3) is 0 Å². The molecule has 8 nitrogen and oxygen atoms in total. The van der Waals surface area contributed by atoms with Crippen molar-refractivity contribution in [1.82, 2.24) is 10.2 Å². The first-order chi connectivity index (χ1) is 13.5. The first-order valence-corrected chi connectivity index (χ1v) is 9.92. The van der Waals surface area contributed by atoms with Crippen molar-refractivity contribution in [2.75, 3.05) is 19.6 Å². The van der Waals surface area contributed by atoms with Gasteiger partial charge in [0, 0.05) is 19.6 Å². The highest BCUT2D eigenvalue weighted by Gasteiger charge is 2.35. The summed E-state index contributed by atoms with van der Waals surface area (Å²) in [6.45, 7) is 1.76. The standard InChI is InChI=1S/C20H32N6O2/c21-16(14-15-8-3-1-4-9-15)19(28)26-13-7-10-17(26)18(27)24-11-5-2-6-12-25-20(22)23/h1,3-4,8-9,16-17H,2,5-7,10-14,21H2,(H,24,27)(H4,22,23,25)/t16-,17+/m1/s1. The number of nitrogens with two attached hydrogens (primary N) is 3. The van der Waals surface area contributed by atoms with Gasteiger partial charge in [-0.2, -0.15) is 0 Å². The summed E-state index contributed by atoms with van der Waals surface area (Å²) < 4.78 is 0. The van der Waals surface area contributed by atoms with Crippen molar-refractivity contribution in [2.45, 2.75) is 50.6 Å². The zero-order valence-corrected chi connectivity index (χ0v) is 16.3. The number of guanidine groups is 1. The molecule has 0 aromatic heterocycles. The fraction of sp³-hybridized carbons (Fsp3) is 0.550. The van der Waals surface area contributed by atoms with Gasteiger partial charge in [-0.25, -0.2) is 0 Å².